The van der Waals surface area contributed by atoms with Crippen LogP contribution < -0.4 is 10.6 Å². The van der Waals surface area contributed by atoms with Gasteiger partial charge in [0.2, 0.25) is 5.89 Å². The second-order valence-electron chi connectivity index (χ2n) is 8.27. The molecule has 0 fully saturated rings. The van der Waals surface area contributed by atoms with Crippen molar-refractivity contribution in [1.29, 1.82) is 0 Å². The van der Waals surface area contributed by atoms with Crippen molar-refractivity contribution < 1.29 is 22.9 Å². The Balaban J connectivity index is 1.28. The molecule has 9 nitrogen and oxygen atoms in total. The number of carbonyl (C=O) groups excluding carboxylic acids is 2. The standard InChI is InChI=1S/C25H24N4O5/c1-14-18(10-11-32-14)23(30)27-17-7-5-6-16(12-17)25-28-20(15(2)33-25)13-26-24(31)22-19-8-3-4-9-21(19)34-29-22/h5-7,10-12H,3-4,8-9,13H2,1-2H3,(H,26,31)(H,27,30). The zero-order valence-corrected chi connectivity index (χ0v) is 18.9. The molecule has 3 heterocycles. The number of nitrogens with zero attached hydrogens (tertiary/aromatic N) is 2. The van der Waals surface area contributed by atoms with E-state index >= 15 is 0 Å². The Kier molecular flexibility index (Phi) is 5.75. The van der Waals surface area contributed by atoms with Crippen molar-refractivity contribution in [2.24, 2.45) is 0 Å². The van der Waals surface area contributed by atoms with Crippen molar-refractivity contribution in [3.05, 3.63) is 76.4 Å². The van der Waals surface area contributed by atoms with Crippen LogP contribution >= 0.6 is 0 Å². The summed E-state index contributed by atoms with van der Waals surface area (Å²) in [7, 11) is 0. The third-order valence-electron chi connectivity index (χ3n) is 5.95. The van der Waals surface area contributed by atoms with Crippen LogP contribution in [0.3, 0.4) is 0 Å². The minimum atomic E-state index is -0.282. The maximum atomic E-state index is 12.7. The van der Waals surface area contributed by atoms with Crippen molar-refractivity contribution in [1.82, 2.24) is 15.5 Å². The lowest BCUT2D eigenvalue weighted by atomic mass is 9.96. The molecule has 1 aliphatic rings. The molecule has 0 saturated heterocycles. The Hall–Kier alpha value is -4.14. The van der Waals surface area contributed by atoms with Crippen LogP contribution in [0.25, 0.3) is 11.5 Å². The Morgan fingerprint density at radius 2 is 1.91 bits per heavy atom. The maximum absolute atomic E-state index is 12.7. The lowest BCUT2D eigenvalue weighted by Crippen LogP contribution is -2.25. The first-order chi connectivity index (χ1) is 16.5. The Morgan fingerprint density at radius 1 is 1.06 bits per heavy atom. The molecule has 0 spiro atoms. The number of oxazole rings is 1. The molecule has 0 atom stereocenters. The van der Waals surface area contributed by atoms with Gasteiger partial charge >= 0.3 is 0 Å². The fourth-order valence-corrected chi connectivity index (χ4v) is 4.08. The summed E-state index contributed by atoms with van der Waals surface area (Å²) in [4.78, 5) is 29.7. The number of aromatic nitrogens is 2. The number of hydrogen-bond acceptors (Lipinski definition) is 7. The molecule has 4 aromatic rings. The Bertz CT molecular complexity index is 1360. The molecule has 9 heteroatoms. The van der Waals surface area contributed by atoms with Crippen molar-refractivity contribution in [2.75, 3.05) is 5.32 Å². The molecule has 3 aromatic heterocycles. The predicted molar refractivity (Wildman–Crippen MR) is 122 cm³/mol. The summed E-state index contributed by atoms with van der Waals surface area (Å²) in [5.41, 5.74) is 3.66. The first-order valence-corrected chi connectivity index (χ1v) is 11.2. The van der Waals surface area contributed by atoms with E-state index in [2.05, 4.69) is 20.8 Å². The Labute approximate surface area is 195 Å². The molecule has 1 aromatic carbocycles. The molecule has 174 valence electrons. The van der Waals surface area contributed by atoms with E-state index in [0.717, 1.165) is 37.0 Å². The van der Waals surface area contributed by atoms with Gasteiger partial charge in [-0.25, -0.2) is 4.98 Å². The van der Waals surface area contributed by atoms with Crippen LogP contribution in [-0.4, -0.2) is 22.0 Å². The van der Waals surface area contributed by atoms with Crippen LogP contribution in [0.15, 0.2) is 50.0 Å². The summed E-state index contributed by atoms with van der Waals surface area (Å²) in [6, 6.07) is 8.84. The quantitative estimate of drug-likeness (QED) is 0.431. The molecule has 0 saturated carbocycles. The molecular formula is C25H24N4O5. The summed E-state index contributed by atoms with van der Waals surface area (Å²) >= 11 is 0. The van der Waals surface area contributed by atoms with Gasteiger partial charge in [0.25, 0.3) is 11.8 Å². The fourth-order valence-electron chi connectivity index (χ4n) is 4.08. The lowest BCUT2D eigenvalue weighted by Gasteiger charge is -2.09. The van der Waals surface area contributed by atoms with Crippen molar-refractivity contribution in [3.63, 3.8) is 0 Å². The highest BCUT2D eigenvalue weighted by Crippen LogP contribution is 2.26. The van der Waals surface area contributed by atoms with E-state index in [1.165, 1.54) is 6.26 Å². The molecular weight excluding hydrogens is 436 g/mol. The smallest absolute Gasteiger partial charge is 0.274 e. The monoisotopic (exact) mass is 460 g/mol. The molecule has 2 amide bonds. The highest BCUT2D eigenvalue weighted by Gasteiger charge is 2.24. The fraction of sp³-hybridized carbons (Fsp3) is 0.280. The number of amides is 2. The number of rotatable bonds is 6. The summed E-state index contributed by atoms with van der Waals surface area (Å²) in [6.45, 7) is 3.73. The molecule has 1 aliphatic carbocycles. The number of benzene rings is 1. The largest absolute Gasteiger partial charge is 0.469 e. The highest BCUT2D eigenvalue weighted by molar-refractivity contribution is 6.05. The second kappa shape index (κ2) is 9.01. The zero-order chi connectivity index (χ0) is 23.7. The normalized spacial score (nSPS) is 12.9. The number of furan rings is 1. The molecule has 2 N–H and O–H groups in total. The van der Waals surface area contributed by atoms with Crippen LogP contribution in [0.2, 0.25) is 0 Å². The Morgan fingerprint density at radius 3 is 2.74 bits per heavy atom. The number of carbonyl (C=O) groups is 2. The van der Waals surface area contributed by atoms with Crippen LogP contribution in [-0.2, 0) is 19.4 Å². The number of fused-ring (bicyclic) bond motifs is 1. The van der Waals surface area contributed by atoms with Gasteiger partial charge in [-0.1, -0.05) is 11.2 Å². The van der Waals surface area contributed by atoms with Crippen molar-refractivity contribution in [2.45, 2.75) is 46.1 Å². The SMILES string of the molecule is Cc1occc1C(=O)Nc1cccc(-c2nc(CNC(=O)c3noc4c3CCCC4)c(C)o2)c1. The minimum Gasteiger partial charge on any atom is -0.469 e. The topological polar surface area (TPSA) is 123 Å². The van der Waals surface area contributed by atoms with Crippen LogP contribution in [0.5, 0.6) is 0 Å². The first kappa shape index (κ1) is 21.7. The van der Waals surface area contributed by atoms with Gasteiger partial charge in [0.05, 0.1) is 18.4 Å². The maximum Gasteiger partial charge on any atom is 0.274 e. The van der Waals surface area contributed by atoms with E-state index in [9.17, 15) is 9.59 Å². The van der Waals surface area contributed by atoms with Gasteiger partial charge in [-0.15, -0.1) is 0 Å². The van der Waals surface area contributed by atoms with Gasteiger partial charge < -0.3 is 24.0 Å². The predicted octanol–water partition coefficient (Wildman–Crippen LogP) is 4.60. The third-order valence-corrected chi connectivity index (χ3v) is 5.95. The zero-order valence-electron chi connectivity index (χ0n) is 18.9. The third kappa shape index (κ3) is 4.24. The molecule has 0 radical (unpaired) electrons. The summed E-state index contributed by atoms with van der Waals surface area (Å²) in [5, 5.41) is 9.69. The average Bonchev–Trinajstić information content (AvgIpc) is 3.56. The van der Waals surface area contributed by atoms with Gasteiger partial charge in [-0.3, -0.25) is 9.59 Å². The summed E-state index contributed by atoms with van der Waals surface area (Å²) in [5.74, 6) is 1.82. The number of aryl methyl sites for hydroxylation is 3. The van der Waals surface area contributed by atoms with Crippen molar-refractivity contribution in [3.8, 4) is 11.5 Å². The molecule has 5 rings (SSSR count). The van der Waals surface area contributed by atoms with Gasteiger partial charge in [-0.2, -0.15) is 0 Å². The summed E-state index contributed by atoms with van der Waals surface area (Å²) in [6.07, 6.45) is 5.19. The summed E-state index contributed by atoms with van der Waals surface area (Å²) < 4.78 is 16.4. The van der Waals surface area contributed by atoms with Crippen LogP contribution in [0.4, 0.5) is 5.69 Å². The van der Waals surface area contributed by atoms with E-state index in [1.54, 1.807) is 32.0 Å². The lowest BCUT2D eigenvalue weighted by molar-refractivity contribution is 0.0939. The molecule has 0 aliphatic heterocycles. The first-order valence-electron chi connectivity index (χ1n) is 11.2. The average molecular weight is 460 g/mol. The van der Waals surface area contributed by atoms with Crippen LogP contribution in [0.1, 0.15) is 62.2 Å². The van der Waals surface area contributed by atoms with Gasteiger partial charge in [0, 0.05) is 23.2 Å². The number of hydrogen-bond donors (Lipinski definition) is 2. The van der Waals surface area contributed by atoms with Gasteiger partial charge in [0.1, 0.15) is 23.0 Å². The number of anilines is 1. The molecule has 34 heavy (non-hydrogen) atoms. The van der Waals surface area contributed by atoms with E-state index in [-0.39, 0.29) is 18.4 Å². The van der Waals surface area contributed by atoms with Gasteiger partial charge in [0.15, 0.2) is 5.69 Å². The van der Waals surface area contributed by atoms with Gasteiger partial charge in [-0.05, 0) is 57.4 Å². The van der Waals surface area contributed by atoms with E-state index in [0.29, 0.717) is 45.6 Å². The van der Waals surface area contributed by atoms with Crippen molar-refractivity contribution >= 4 is 17.5 Å². The minimum absolute atomic E-state index is 0.200. The highest BCUT2D eigenvalue weighted by atomic mass is 16.5. The van der Waals surface area contributed by atoms with Crippen LogP contribution in [0, 0.1) is 13.8 Å². The van der Waals surface area contributed by atoms with E-state index in [1.807, 2.05) is 12.1 Å². The second-order valence-corrected chi connectivity index (χ2v) is 8.27. The van der Waals surface area contributed by atoms with E-state index < -0.39 is 0 Å². The molecule has 0 bridgehead atoms. The van der Waals surface area contributed by atoms with E-state index in [4.69, 9.17) is 13.4 Å². The number of nitrogens with one attached hydrogen (secondary N) is 2. The molecule has 0 unspecified atom stereocenters.